The Labute approximate surface area is 160 Å². The van der Waals surface area contributed by atoms with E-state index in [0.717, 1.165) is 39.4 Å². The van der Waals surface area contributed by atoms with Crippen LogP contribution in [0.5, 0.6) is 5.75 Å². The van der Waals surface area contributed by atoms with Crippen molar-refractivity contribution >= 4 is 35.7 Å². The Hall–Kier alpha value is -3.46. The number of benzene rings is 3. The van der Waals surface area contributed by atoms with Crippen LogP contribution in [0.25, 0.3) is 24.3 Å². The number of nitrogen functional groups attached to an aromatic ring is 2. The molecular formula is C24H24N2O. The first-order valence-corrected chi connectivity index (χ1v) is 8.81. The third kappa shape index (κ3) is 4.79. The predicted molar refractivity (Wildman–Crippen MR) is 117 cm³/mol. The molecule has 0 atom stereocenters. The summed E-state index contributed by atoms with van der Waals surface area (Å²) in [4.78, 5) is 0. The highest BCUT2D eigenvalue weighted by atomic mass is 16.5. The topological polar surface area (TPSA) is 61.3 Å². The summed E-state index contributed by atoms with van der Waals surface area (Å²) < 4.78 is 5.59. The van der Waals surface area contributed by atoms with Crippen LogP contribution in [-0.2, 0) is 0 Å². The molecule has 0 aliphatic heterocycles. The van der Waals surface area contributed by atoms with E-state index in [1.54, 1.807) is 7.11 Å². The second-order valence-electron chi connectivity index (χ2n) is 6.45. The first kappa shape index (κ1) is 18.3. The number of hydrogen-bond acceptors (Lipinski definition) is 3. The van der Waals surface area contributed by atoms with Crippen molar-refractivity contribution in [1.82, 2.24) is 0 Å². The van der Waals surface area contributed by atoms with Crippen molar-refractivity contribution in [3.8, 4) is 5.75 Å². The minimum Gasteiger partial charge on any atom is -0.496 e. The van der Waals surface area contributed by atoms with Gasteiger partial charge in [-0.3, -0.25) is 0 Å². The Bertz CT molecular complexity index is 969. The van der Waals surface area contributed by atoms with E-state index in [4.69, 9.17) is 16.2 Å². The number of aryl methyl sites for hydroxylation is 1. The summed E-state index contributed by atoms with van der Waals surface area (Å²) in [5, 5.41) is 0. The molecule has 0 unspecified atom stereocenters. The van der Waals surface area contributed by atoms with Crippen LogP contribution in [0.1, 0.15) is 27.8 Å². The van der Waals surface area contributed by atoms with Gasteiger partial charge < -0.3 is 16.2 Å². The Morgan fingerprint density at radius 2 is 1.15 bits per heavy atom. The fraction of sp³-hybridized carbons (Fsp3) is 0.0833. The van der Waals surface area contributed by atoms with E-state index < -0.39 is 0 Å². The SMILES string of the molecule is COc1cc(/C=C/c2ccc(N)cc2)c(C)cc1/C=C/c1ccc(N)cc1. The van der Waals surface area contributed by atoms with E-state index in [0.29, 0.717) is 0 Å². The van der Waals surface area contributed by atoms with Crippen molar-refractivity contribution in [2.24, 2.45) is 0 Å². The van der Waals surface area contributed by atoms with Crippen LogP contribution in [-0.4, -0.2) is 7.11 Å². The van der Waals surface area contributed by atoms with Crippen molar-refractivity contribution in [2.45, 2.75) is 6.92 Å². The summed E-state index contributed by atoms with van der Waals surface area (Å²) in [5.41, 5.74) is 18.5. The van der Waals surface area contributed by atoms with Gasteiger partial charge in [0.05, 0.1) is 7.11 Å². The van der Waals surface area contributed by atoms with Gasteiger partial charge in [0.15, 0.2) is 0 Å². The van der Waals surface area contributed by atoms with Gasteiger partial charge in [0.2, 0.25) is 0 Å². The van der Waals surface area contributed by atoms with Crippen LogP contribution in [0.2, 0.25) is 0 Å². The molecule has 3 rings (SSSR count). The molecule has 0 heterocycles. The summed E-state index contributed by atoms with van der Waals surface area (Å²) in [6.07, 6.45) is 8.29. The Kier molecular flexibility index (Phi) is 5.62. The molecule has 0 aliphatic rings. The van der Waals surface area contributed by atoms with Crippen LogP contribution in [0, 0.1) is 6.92 Å². The zero-order chi connectivity index (χ0) is 19.2. The van der Waals surface area contributed by atoms with Crippen molar-refractivity contribution < 1.29 is 4.74 Å². The van der Waals surface area contributed by atoms with Crippen LogP contribution >= 0.6 is 0 Å². The van der Waals surface area contributed by atoms with Crippen molar-refractivity contribution in [3.63, 3.8) is 0 Å². The van der Waals surface area contributed by atoms with Crippen molar-refractivity contribution in [3.05, 3.63) is 88.5 Å². The molecule has 0 saturated carbocycles. The fourth-order valence-electron chi connectivity index (χ4n) is 2.80. The van der Waals surface area contributed by atoms with Gasteiger partial charge in [0.1, 0.15) is 5.75 Å². The maximum Gasteiger partial charge on any atom is 0.126 e. The highest BCUT2D eigenvalue weighted by Crippen LogP contribution is 2.27. The average Bonchev–Trinajstić information content (AvgIpc) is 2.68. The number of methoxy groups -OCH3 is 1. The molecule has 3 nitrogen and oxygen atoms in total. The molecule has 136 valence electrons. The van der Waals surface area contributed by atoms with E-state index in [-0.39, 0.29) is 0 Å². The van der Waals surface area contributed by atoms with Crippen molar-refractivity contribution in [1.29, 1.82) is 0 Å². The maximum absolute atomic E-state index is 5.74. The molecule has 0 aromatic heterocycles. The number of hydrogen-bond donors (Lipinski definition) is 2. The number of rotatable bonds is 5. The smallest absolute Gasteiger partial charge is 0.126 e. The summed E-state index contributed by atoms with van der Waals surface area (Å²) in [6.45, 7) is 2.10. The third-order valence-corrected chi connectivity index (χ3v) is 4.40. The molecule has 3 heteroatoms. The highest BCUT2D eigenvalue weighted by Gasteiger charge is 2.04. The second kappa shape index (κ2) is 8.28. The Morgan fingerprint density at radius 3 is 1.63 bits per heavy atom. The predicted octanol–water partition coefficient (Wildman–Crippen LogP) is 5.51. The molecule has 0 spiro atoms. The van der Waals surface area contributed by atoms with Gasteiger partial charge in [-0.2, -0.15) is 0 Å². The van der Waals surface area contributed by atoms with Crippen molar-refractivity contribution in [2.75, 3.05) is 18.6 Å². The van der Waals surface area contributed by atoms with E-state index >= 15 is 0 Å². The van der Waals surface area contributed by atoms with Gasteiger partial charge in [-0.1, -0.05) is 48.6 Å². The summed E-state index contributed by atoms with van der Waals surface area (Å²) in [5.74, 6) is 0.837. The molecule has 3 aromatic rings. The Balaban J connectivity index is 1.86. The lowest BCUT2D eigenvalue weighted by molar-refractivity contribution is 0.413. The number of ether oxygens (including phenoxy) is 1. The molecule has 0 radical (unpaired) electrons. The van der Waals surface area contributed by atoms with Gasteiger partial charge in [0, 0.05) is 16.9 Å². The summed E-state index contributed by atoms with van der Waals surface area (Å²) >= 11 is 0. The zero-order valence-electron chi connectivity index (χ0n) is 15.6. The van der Waals surface area contributed by atoms with Gasteiger partial charge >= 0.3 is 0 Å². The lowest BCUT2D eigenvalue weighted by atomic mass is 10.0. The maximum atomic E-state index is 5.74. The zero-order valence-corrected chi connectivity index (χ0v) is 15.6. The lowest BCUT2D eigenvalue weighted by Gasteiger charge is -2.09. The molecule has 0 fully saturated rings. The van der Waals surface area contributed by atoms with E-state index in [2.05, 4.69) is 43.4 Å². The summed E-state index contributed by atoms with van der Waals surface area (Å²) in [6, 6.07) is 19.8. The van der Waals surface area contributed by atoms with Crippen LogP contribution in [0.3, 0.4) is 0 Å². The minimum atomic E-state index is 0.762. The molecule has 0 saturated heterocycles. The number of nitrogens with two attached hydrogens (primary N) is 2. The highest BCUT2D eigenvalue weighted by molar-refractivity contribution is 5.77. The molecule has 0 aliphatic carbocycles. The van der Waals surface area contributed by atoms with Gasteiger partial charge in [0.25, 0.3) is 0 Å². The molecular weight excluding hydrogens is 332 g/mol. The standard InChI is InChI=1S/C24H24N2O/c1-17-15-21(10-4-19-7-13-23(26)14-8-19)24(27-2)16-20(17)9-3-18-5-11-22(25)12-6-18/h3-16H,25-26H2,1-2H3/b9-3+,10-4+. The van der Waals surface area contributed by atoms with Gasteiger partial charge in [-0.15, -0.1) is 0 Å². The quantitative estimate of drug-likeness (QED) is 0.468. The van der Waals surface area contributed by atoms with E-state index in [1.165, 1.54) is 5.56 Å². The first-order valence-electron chi connectivity index (χ1n) is 8.81. The Morgan fingerprint density at radius 1 is 0.667 bits per heavy atom. The lowest BCUT2D eigenvalue weighted by Crippen LogP contribution is -1.91. The number of anilines is 2. The molecule has 0 bridgehead atoms. The van der Waals surface area contributed by atoms with E-state index in [1.807, 2.05) is 48.5 Å². The van der Waals surface area contributed by atoms with Gasteiger partial charge in [-0.25, -0.2) is 0 Å². The molecule has 27 heavy (non-hydrogen) atoms. The van der Waals surface area contributed by atoms with E-state index in [9.17, 15) is 0 Å². The first-order chi connectivity index (χ1) is 13.0. The fourth-order valence-corrected chi connectivity index (χ4v) is 2.80. The third-order valence-electron chi connectivity index (χ3n) is 4.40. The monoisotopic (exact) mass is 356 g/mol. The molecule has 3 aromatic carbocycles. The second-order valence-corrected chi connectivity index (χ2v) is 6.45. The molecule has 4 N–H and O–H groups in total. The van der Waals surface area contributed by atoms with Crippen LogP contribution in [0.15, 0.2) is 60.7 Å². The van der Waals surface area contributed by atoms with Crippen LogP contribution < -0.4 is 16.2 Å². The normalized spacial score (nSPS) is 11.3. The van der Waals surface area contributed by atoms with Gasteiger partial charge in [-0.05, 0) is 65.6 Å². The largest absolute Gasteiger partial charge is 0.496 e. The minimum absolute atomic E-state index is 0.762. The summed E-state index contributed by atoms with van der Waals surface area (Å²) in [7, 11) is 1.69. The van der Waals surface area contributed by atoms with Crippen LogP contribution in [0.4, 0.5) is 11.4 Å². The molecule has 0 amide bonds. The average molecular weight is 356 g/mol.